The molecule has 0 saturated heterocycles. The van der Waals surface area contributed by atoms with Crippen LogP contribution in [0.3, 0.4) is 0 Å². The zero-order chi connectivity index (χ0) is 13.2. The van der Waals surface area contributed by atoms with Crippen LogP contribution >= 0.6 is 12.4 Å². The molecule has 0 spiro atoms. The van der Waals surface area contributed by atoms with Crippen LogP contribution in [0.4, 0.5) is 0 Å². The lowest BCUT2D eigenvalue weighted by molar-refractivity contribution is -0.122. The van der Waals surface area contributed by atoms with Crippen LogP contribution in [0, 0.1) is 17.3 Å². The van der Waals surface area contributed by atoms with Gasteiger partial charge >= 0.3 is 0 Å². The van der Waals surface area contributed by atoms with Crippen molar-refractivity contribution >= 4 is 18.3 Å². The second kappa shape index (κ2) is 6.94. The van der Waals surface area contributed by atoms with Crippen molar-refractivity contribution in [3.8, 4) is 0 Å². The van der Waals surface area contributed by atoms with Crippen LogP contribution in [-0.2, 0) is 4.79 Å². The Hall–Kier alpha value is -0.280. The number of amides is 1. The van der Waals surface area contributed by atoms with Crippen molar-refractivity contribution in [2.24, 2.45) is 23.0 Å². The van der Waals surface area contributed by atoms with E-state index in [1.165, 1.54) is 25.7 Å². The third kappa shape index (κ3) is 4.96. The number of carbonyl (C=O) groups excluding carboxylic acids is 1. The van der Waals surface area contributed by atoms with Crippen molar-refractivity contribution in [1.82, 2.24) is 5.32 Å². The minimum Gasteiger partial charge on any atom is -0.356 e. The number of hydrogen-bond acceptors (Lipinski definition) is 2. The molecule has 112 valence electrons. The standard InChI is InChI=1S/C15H28N2O.ClH/c1-11(2)9-15(6-7-15)10-17-14(18)8-12-4-3-5-13(12)16;/h11-13H,3-10,16H2,1-2H3,(H,17,18);1H/t12-,13+;/m0./s1. The van der Waals surface area contributed by atoms with Crippen molar-refractivity contribution in [2.45, 2.75) is 64.8 Å². The van der Waals surface area contributed by atoms with E-state index >= 15 is 0 Å². The van der Waals surface area contributed by atoms with Gasteiger partial charge in [0.15, 0.2) is 0 Å². The lowest BCUT2D eigenvalue weighted by Crippen LogP contribution is -2.34. The third-order valence-corrected chi connectivity index (χ3v) is 4.62. The zero-order valence-electron chi connectivity index (χ0n) is 12.3. The molecule has 1 amide bonds. The highest BCUT2D eigenvalue weighted by atomic mass is 35.5. The predicted octanol–water partition coefficient (Wildman–Crippen LogP) is 2.87. The maximum absolute atomic E-state index is 11.9. The Morgan fingerprint density at radius 2 is 2.05 bits per heavy atom. The Bertz CT molecular complexity index is 303. The molecule has 2 saturated carbocycles. The summed E-state index contributed by atoms with van der Waals surface area (Å²) in [5.74, 6) is 1.37. The van der Waals surface area contributed by atoms with Crippen LogP contribution in [0.5, 0.6) is 0 Å². The summed E-state index contributed by atoms with van der Waals surface area (Å²) in [6.07, 6.45) is 7.87. The predicted molar refractivity (Wildman–Crippen MR) is 81.3 cm³/mol. The molecular formula is C15H29ClN2O. The monoisotopic (exact) mass is 288 g/mol. The van der Waals surface area contributed by atoms with Gasteiger partial charge in [-0.05, 0) is 49.4 Å². The number of hydrogen-bond donors (Lipinski definition) is 2. The van der Waals surface area contributed by atoms with E-state index < -0.39 is 0 Å². The highest BCUT2D eigenvalue weighted by molar-refractivity contribution is 5.85. The van der Waals surface area contributed by atoms with E-state index in [1.54, 1.807) is 0 Å². The minimum atomic E-state index is 0. The molecule has 0 aliphatic heterocycles. The Labute approximate surface area is 123 Å². The summed E-state index contributed by atoms with van der Waals surface area (Å²) in [4.78, 5) is 11.9. The maximum Gasteiger partial charge on any atom is 0.220 e. The Kier molecular flexibility index (Phi) is 6.13. The second-order valence-corrected chi connectivity index (χ2v) is 6.93. The van der Waals surface area contributed by atoms with Gasteiger partial charge < -0.3 is 11.1 Å². The Balaban J connectivity index is 0.00000180. The largest absolute Gasteiger partial charge is 0.356 e. The number of nitrogens with one attached hydrogen (secondary N) is 1. The molecule has 19 heavy (non-hydrogen) atoms. The van der Waals surface area contributed by atoms with Crippen molar-refractivity contribution in [3.63, 3.8) is 0 Å². The molecule has 3 N–H and O–H groups in total. The molecule has 0 unspecified atom stereocenters. The Morgan fingerprint density at radius 1 is 1.37 bits per heavy atom. The van der Waals surface area contributed by atoms with Gasteiger partial charge in [-0.1, -0.05) is 20.3 Å². The molecule has 2 rings (SSSR count). The van der Waals surface area contributed by atoms with Gasteiger partial charge in [-0.25, -0.2) is 0 Å². The first-order chi connectivity index (χ1) is 8.51. The van der Waals surface area contributed by atoms with Crippen LogP contribution in [-0.4, -0.2) is 18.5 Å². The highest BCUT2D eigenvalue weighted by Gasteiger charge is 2.42. The molecule has 2 aliphatic rings. The summed E-state index contributed by atoms with van der Waals surface area (Å²) in [6.45, 7) is 5.41. The highest BCUT2D eigenvalue weighted by Crippen LogP contribution is 2.50. The summed E-state index contributed by atoms with van der Waals surface area (Å²) in [7, 11) is 0. The maximum atomic E-state index is 11.9. The molecule has 0 aromatic carbocycles. The minimum absolute atomic E-state index is 0. The van der Waals surface area contributed by atoms with Crippen LogP contribution < -0.4 is 11.1 Å². The molecule has 0 bridgehead atoms. The fourth-order valence-electron chi connectivity index (χ4n) is 3.41. The van der Waals surface area contributed by atoms with E-state index in [4.69, 9.17) is 5.73 Å². The lowest BCUT2D eigenvalue weighted by atomic mass is 9.94. The van der Waals surface area contributed by atoms with E-state index in [0.29, 0.717) is 17.8 Å². The molecule has 2 atom stereocenters. The zero-order valence-corrected chi connectivity index (χ0v) is 13.1. The van der Waals surface area contributed by atoms with Crippen LogP contribution in [0.15, 0.2) is 0 Å². The molecule has 2 fully saturated rings. The van der Waals surface area contributed by atoms with Gasteiger partial charge in [0.05, 0.1) is 0 Å². The van der Waals surface area contributed by atoms with Gasteiger partial charge in [-0.3, -0.25) is 4.79 Å². The summed E-state index contributed by atoms with van der Waals surface area (Å²) >= 11 is 0. The van der Waals surface area contributed by atoms with E-state index in [0.717, 1.165) is 25.3 Å². The third-order valence-electron chi connectivity index (χ3n) is 4.62. The molecule has 2 aliphatic carbocycles. The summed E-state index contributed by atoms with van der Waals surface area (Å²) < 4.78 is 0. The molecular weight excluding hydrogens is 260 g/mol. The van der Waals surface area contributed by atoms with Crippen molar-refractivity contribution in [2.75, 3.05) is 6.54 Å². The fourth-order valence-corrected chi connectivity index (χ4v) is 3.41. The van der Waals surface area contributed by atoms with Gasteiger partial charge in [-0.2, -0.15) is 0 Å². The molecule has 0 aromatic heterocycles. The van der Waals surface area contributed by atoms with Crippen LogP contribution in [0.1, 0.15) is 58.8 Å². The van der Waals surface area contributed by atoms with Gasteiger partial charge in [0, 0.05) is 19.0 Å². The first-order valence-electron chi connectivity index (χ1n) is 7.53. The topological polar surface area (TPSA) is 55.1 Å². The van der Waals surface area contributed by atoms with Crippen molar-refractivity contribution in [3.05, 3.63) is 0 Å². The smallest absolute Gasteiger partial charge is 0.220 e. The number of nitrogens with two attached hydrogens (primary N) is 1. The molecule has 3 nitrogen and oxygen atoms in total. The summed E-state index contributed by atoms with van der Waals surface area (Å²) in [6, 6.07) is 0.251. The van der Waals surface area contributed by atoms with E-state index in [1.807, 2.05) is 0 Å². The van der Waals surface area contributed by atoms with E-state index in [9.17, 15) is 4.79 Å². The fraction of sp³-hybridized carbons (Fsp3) is 0.933. The molecule has 4 heteroatoms. The molecule has 0 aromatic rings. The van der Waals surface area contributed by atoms with Gasteiger partial charge in [0.1, 0.15) is 0 Å². The van der Waals surface area contributed by atoms with Gasteiger partial charge in [0.25, 0.3) is 0 Å². The number of rotatable bonds is 6. The van der Waals surface area contributed by atoms with Gasteiger partial charge in [-0.15, -0.1) is 12.4 Å². The average Bonchev–Trinajstić information content (AvgIpc) is 2.93. The second-order valence-electron chi connectivity index (χ2n) is 6.93. The van der Waals surface area contributed by atoms with Crippen molar-refractivity contribution < 1.29 is 4.79 Å². The molecule has 0 heterocycles. The lowest BCUT2D eigenvalue weighted by Gasteiger charge is -2.20. The van der Waals surface area contributed by atoms with Crippen LogP contribution in [0.2, 0.25) is 0 Å². The number of carbonyl (C=O) groups is 1. The Morgan fingerprint density at radius 3 is 2.53 bits per heavy atom. The first kappa shape index (κ1) is 16.8. The van der Waals surface area contributed by atoms with E-state index in [-0.39, 0.29) is 24.4 Å². The summed E-state index contributed by atoms with van der Waals surface area (Å²) in [5, 5.41) is 3.14. The number of halogens is 1. The normalized spacial score (nSPS) is 28.0. The SMILES string of the molecule is CC(C)CC1(CNC(=O)C[C@@H]2CCC[C@H]2N)CC1.Cl. The van der Waals surface area contributed by atoms with E-state index in [2.05, 4.69) is 19.2 Å². The molecule has 0 radical (unpaired) electrons. The quantitative estimate of drug-likeness (QED) is 0.790. The van der Waals surface area contributed by atoms with Crippen LogP contribution in [0.25, 0.3) is 0 Å². The average molecular weight is 289 g/mol. The first-order valence-corrected chi connectivity index (χ1v) is 7.53. The van der Waals surface area contributed by atoms with Crippen molar-refractivity contribution in [1.29, 1.82) is 0 Å². The van der Waals surface area contributed by atoms with Gasteiger partial charge in [0.2, 0.25) is 5.91 Å². The summed E-state index contributed by atoms with van der Waals surface area (Å²) in [5.41, 5.74) is 6.44.